The summed E-state index contributed by atoms with van der Waals surface area (Å²) >= 11 is 0. The zero-order chi connectivity index (χ0) is 20.7. The van der Waals surface area contributed by atoms with Crippen LogP contribution in [0.1, 0.15) is 42.5 Å². The second-order valence-corrected chi connectivity index (χ2v) is 7.76. The summed E-state index contributed by atoms with van der Waals surface area (Å²) in [4.78, 5) is 57.9. The first-order valence-electron chi connectivity index (χ1n) is 9.65. The Labute approximate surface area is 166 Å². The van der Waals surface area contributed by atoms with Gasteiger partial charge in [-0.1, -0.05) is 6.07 Å². The predicted octanol–water partition coefficient (Wildman–Crippen LogP) is 0.0631. The molecule has 2 aliphatic heterocycles. The van der Waals surface area contributed by atoms with E-state index in [4.69, 9.17) is 0 Å². The molecule has 1 saturated heterocycles. The third-order valence-corrected chi connectivity index (χ3v) is 5.72. The van der Waals surface area contributed by atoms with Crippen LogP contribution in [0.3, 0.4) is 0 Å². The number of likely N-dealkylation sites (tertiary alicyclic amines) is 1. The largest absolute Gasteiger partial charge is 0.349 e. The molecule has 0 unspecified atom stereocenters. The Kier molecular flexibility index (Phi) is 4.81. The zero-order valence-corrected chi connectivity index (χ0v) is 16.3. The molecule has 0 saturated carbocycles. The van der Waals surface area contributed by atoms with E-state index in [0.29, 0.717) is 24.6 Å². The molecule has 9 nitrogen and oxygen atoms in total. The van der Waals surface area contributed by atoms with E-state index in [1.165, 1.54) is 19.1 Å². The van der Waals surface area contributed by atoms with Gasteiger partial charge in [0.25, 0.3) is 11.1 Å². The number of H-pyrrole nitrogens is 1. The quantitative estimate of drug-likeness (QED) is 0.760. The summed E-state index contributed by atoms with van der Waals surface area (Å²) in [6.07, 6.45) is 0.744. The van der Waals surface area contributed by atoms with E-state index in [1.54, 1.807) is 22.5 Å². The van der Waals surface area contributed by atoms with Crippen LogP contribution in [0.5, 0.6) is 0 Å². The van der Waals surface area contributed by atoms with Crippen LogP contribution in [0.4, 0.5) is 0 Å². The molecule has 0 aromatic carbocycles. The van der Waals surface area contributed by atoms with Gasteiger partial charge in [0.1, 0.15) is 11.9 Å². The highest BCUT2D eigenvalue weighted by Gasteiger charge is 2.44. The minimum Gasteiger partial charge on any atom is -0.349 e. The molecule has 1 fully saturated rings. The zero-order valence-electron chi connectivity index (χ0n) is 16.3. The van der Waals surface area contributed by atoms with Gasteiger partial charge in [-0.3, -0.25) is 23.7 Å². The van der Waals surface area contributed by atoms with Gasteiger partial charge in [-0.05, 0) is 19.4 Å². The van der Waals surface area contributed by atoms with Crippen molar-refractivity contribution in [2.45, 2.75) is 38.8 Å². The minimum atomic E-state index is -0.708. The third kappa shape index (κ3) is 3.59. The predicted molar refractivity (Wildman–Crippen MR) is 104 cm³/mol. The number of aromatic amines is 1. The number of aryl methyl sites for hydroxylation is 1. The standard InChI is InChI=1S/C20H23N5O4/c1-11-22-15(7-17(27)23-11)8-21-20(29)19-14-6-13(9-24(10-14)12(2)26)16-4-3-5-18(28)25(16)19/h3-5,7,13-14,19H,6,8-10H2,1-2H3,(H,21,29)(H,22,23,27)/t13-,14+,19-/m1/s1. The van der Waals surface area contributed by atoms with Crippen molar-refractivity contribution in [3.8, 4) is 0 Å². The number of piperidine rings is 1. The number of nitrogens with zero attached hydrogens (tertiary/aromatic N) is 3. The van der Waals surface area contributed by atoms with Crippen LogP contribution in [-0.2, 0) is 16.1 Å². The molecule has 152 valence electrons. The SMILES string of the molecule is CC(=O)N1C[C@H]2C[C@@H](C1)[C@H](C(=O)NCc1cc(=O)[nH]c(C)n1)n1c2cccc1=O. The lowest BCUT2D eigenvalue weighted by Crippen LogP contribution is -2.54. The van der Waals surface area contributed by atoms with Gasteiger partial charge >= 0.3 is 0 Å². The van der Waals surface area contributed by atoms with E-state index < -0.39 is 6.04 Å². The fourth-order valence-electron chi connectivity index (χ4n) is 4.54. The number of amides is 2. The lowest BCUT2D eigenvalue weighted by atomic mass is 9.78. The Morgan fingerprint density at radius 1 is 1.28 bits per heavy atom. The first-order chi connectivity index (χ1) is 13.8. The topological polar surface area (TPSA) is 117 Å². The van der Waals surface area contributed by atoms with Crippen LogP contribution in [0.2, 0.25) is 0 Å². The second kappa shape index (κ2) is 7.31. The molecule has 2 aliphatic rings. The highest BCUT2D eigenvalue weighted by atomic mass is 16.2. The van der Waals surface area contributed by atoms with Crippen molar-refractivity contribution in [3.63, 3.8) is 0 Å². The Bertz CT molecular complexity index is 1090. The number of rotatable bonds is 3. The van der Waals surface area contributed by atoms with Gasteiger partial charge in [0.15, 0.2) is 0 Å². The monoisotopic (exact) mass is 397 g/mol. The van der Waals surface area contributed by atoms with Crippen LogP contribution < -0.4 is 16.4 Å². The summed E-state index contributed by atoms with van der Waals surface area (Å²) in [6, 6.07) is 5.63. The molecule has 3 atom stereocenters. The van der Waals surface area contributed by atoms with E-state index in [0.717, 1.165) is 12.1 Å². The van der Waals surface area contributed by atoms with Gasteiger partial charge in [0.2, 0.25) is 11.8 Å². The van der Waals surface area contributed by atoms with E-state index in [-0.39, 0.29) is 41.3 Å². The highest BCUT2D eigenvalue weighted by molar-refractivity contribution is 5.81. The minimum absolute atomic E-state index is 0.0335. The van der Waals surface area contributed by atoms with Crippen molar-refractivity contribution in [1.29, 1.82) is 0 Å². The van der Waals surface area contributed by atoms with Gasteiger partial charge in [0.05, 0.1) is 12.2 Å². The fraction of sp³-hybridized carbons (Fsp3) is 0.450. The Morgan fingerprint density at radius 2 is 2.07 bits per heavy atom. The number of pyridine rings is 1. The molecule has 2 bridgehead atoms. The molecule has 2 aromatic heterocycles. The lowest BCUT2D eigenvalue weighted by Gasteiger charge is -2.46. The molecule has 2 N–H and O–H groups in total. The summed E-state index contributed by atoms with van der Waals surface area (Å²) in [5.74, 6) is 0.00170. The maximum atomic E-state index is 13.1. The fourth-order valence-corrected chi connectivity index (χ4v) is 4.54. The average Bonchev–Trinajstić information content (AvgIpc) is 2.66. The van der Waals surface area contributed by atoms with Gasteiger partial charge in [-0.25, -0.2) is 4.98 Å². The summed E-state index contributed by atoms with van der Waals surface area (Å²) in [6.45, 7) is 4.27. The summed E-state index contributed by atoms with van der Waals surface area (Å²) in [5, 5.41) is 2.82. The van der Waals surface area contributed by atoms with Gasteiger partial charge < -0.3 is 15.2 Å². The van der Waals surface area contributed by atoms with Crippen molar-refractivity contribution >= 4 is 11.8 Å². The van der Waals surface area contributed by atoms with Gasteiger partial charge in [-0.2, -0.15) is 0 Å². The van der Waals surface area contributed by atoms with E-state index in [1.807, 2.05) is 6.07 Å². The van der Waals surface area contributed by atoms with E-state index in [2.05, 4.69) is 15.3 Å². The van der Waals surface area contributed by atoms with Crippen molar-refractivity contribution < 1.29 is 9.59 Å². The first-order valence-corrected chi connectivity index (χ1v) is 9.65. The first kappa shape index (κ1) is 19.1. The maximum Gasteiger partial charge on any atom is 0.251 e. The van der Waals surface area contributed by atoms with Crippen molar-refractivity contribution in [2.75, 3.05) is 13.1 Å². The number of fused-ring (bicyclic) bond motifs is 4. The molecule has 2 amide bonds. The number of hydrogen-bond acceptors (Lipinski definition) is 5. The van der Waals surface area contributed by atoms with Crippen LogP contribution in [0, 0.1) is 12.8 Å². The van der Waals surface area contributed by atoms with Crippen molar-refractivity contribution in [1.82, 2.24) is 24.8 Å². The Hall–Kier alpha value is -3.23. The molecule has 4 heterocycles. The Morgan fingerprint density at radius 3 is 2.79 bits per heavy atom. The molecule has 0 spiro atoms. The van der Waals surface area contributed by atoms with Crippen LogP contribution >= 0.6 is 0 Å². The molecular weight excluding hydrogens is 374 g/mol. The summed E-state index contributed by atoms with van der Waals surface area (Å²) in [7, 11) is 0. The maximum absolute atomic E-state index is 13.1. The van der Waals surface area contributed by atoms with Crippen molar-refractivity contribution in [2.24, 2.45) is 5.92 Å². The molecule has 2 aromatic rings. The molecule has 9 heteroatoms. The molecular formula is C20H23N5O4. The number of aromatic nitrogens is 3. The summed E-state index contributed by atoms with van der Waals surface area (Å²) < 4.78 is 1.57. The van der Waals surface area contributed by atoms with Gasteiger partial charge in [-0.15, -0.1) is 0 Å². The molecule has 29 heavy (non-hydrogen) atoms. The number of carbonyl (C=O) groups is 2. The molecule has 0 aliphatic carbocycles. The molecule has 0 radical (unpaired) electrons. The lowest BCUT2D eigenvalue weighted by molar-refractivity contribution is -0.135. The van der Waals surface area contributed by atoms with Crippen LogP contribution in [0.25, 0.3) is 0 Å². The third-order valence-electron chi connectivity index (χ3n) is 5.72. The number of hydrogen-bond donors (Lipinski definition) is 2. The smallest absolute Gasteiger partial charge is 0.251 e. The van der Waals surface area contributed by atoms with Crippen LogP contribution in [-0.4, -0.2) is 44.3 Å². The van der Waals surface area contributed by atoms with Gasteiger partial charge in [0, 0.05) is 49.7 Å². The Balaban J connectivity index is 1.65. The highest BCUT2D eigenvalue weighted by Crippen LogP contribution is 2.41. The molecule has 4 rings (SSSR count). The normalized spacial score (nSPS) is 22.7. The van der Waals surface area contributed by atoms with E-state index in [9.17, 15) is 19.2 Å². The number of carbonyl (C=O) groups excluding carboxylic acids is 2. The average molecular weight is 397 g/mol. The van der Waals surface area contributed by atoms with E-state index >= 15 is 0 Å². The number of nitrogens with one attached hydrogen (secondary N) is 2. The van der Waals surface area contributed by atoms with Crippen LogP contribution in [0.15, 0.2) is 33.9 Å². The second-order valence-electron chi connectivity index (χ2n) is 7.76. The summed E-state index contributed by atoms with van der Waals surface area (Å²) in [5.41, 5.74) is 0.722. The van der Waals surface area contributed by atoms with Crippen molar-refractivity contribution in [3.05, 3.63) is 62.2 Å².